The normalized spacial score (nSPS) is 12.7. The first-order valence-electron chi connectivity index (χ1n) is 9.15. The van der Waals surface area contributed by atoms with Gasteiger partial charge in [-0.3, -0.25) is 20.4 Å². The quantitative estimate of drug-likeness (QED) is 0.796. The Hall–Kier alpha value is -3.02. The predicted molar refractivity (Wildman–Crippen MR) is 102 cm³/mol. The molecule has 1 aliphatic rings. The van der Waals surface area contributed by atoms with Gasteiger partial charge >= 0.3 is 0 Å². The van der Waals surface area contributed by atoms with Crippen molar-refractivity contribution in [1.29, 1.82) is 0 Å². The summed E-state index contributed by atoms with van der Waals surface area (Å²) >= 11 is 0. The van der Waals surface area contributed by atoms with E-state index in [0.717, 1.165) is 19.3 Å². The number of amides is 2. The molecule has 0 fully saturated rings. The molecular weight excluding hydrogens is 344 g/mol. The minimum atomic E-state index is -0.428. The average Bonchev–Trinajstić information content (AvgIpc) is 2.71. The molecule has 6 nitrogen and oxygen atoms in total. The molecule has 0 bridgehead atoms. The fourth-order valence-corrected chi connectivity index (χ4v) is 3.22. The molecule has 0 atom stereocenters. The fourth-order valence-electron chi connectivity index (χ4n) is 3.22. The highest BCUT2D eigenvalue weighted by Gasteiger charge is 2.15. The van der Waals surface area contributed by atoms with Crippen molar-refractivity contribution in [2.45, 2.75) is 32.6 Å². The Morgan fingerprint density at radius 1 is 0.889 bits per heavy atom. The second kappa shape index (κ2) is 8.58. The summed E-state index contributed by atoms with van der Waals surface area (Å²) in [6.45, 7) is 2.37. The third kappa shape index (κ3) is 4.39. The van der Waals surface area contributed by atoms with Crippen LogP contribution in [-0.2, 0) is 12.8 Å². The van der Waals surface area contributed by atoms with Gasteiger partial charge in [-0.05, 0) is 74.1 Å². The molecule has 0 radical (unpaired) electrons. The minimum absolute atomic E-state index is 0.338. The first-order valence-corrected chi connectivity index (χ1v) is 9.15. The lowest BCUT2D eigenvalue weighted by Gasteiger charge is -2.16. The zero-order valence-corrected chi connectivity index (χ0v) is 15.6. The Kier molecular flexibility index (Phi) is 5.96. The van der Waals surface area contributed by atoms with Crippen LogP contribution in [0.2, 0.25) is 0 Å². The molecule has 6 heteroatoms. The number of hydrogen-bond acceptors (Lipinski definition) is 4. The van der Waals surface area contributed by atoms with Gasteiger partial charge in [-0.1, -0.05) is 6.07 Å². The summed E-state index contributed by atoms with van der Waals surface area (Å²) in [6, 6.07) is 10.6. The van der Waals surface area contributed by atoms with E-state index in [4.69, 9.17) is 9.47 Å². The molecule has 0 unspecified atom stereocenters. The molecule has 0 aliphatic heterocycles. The van der Waals surface area contributed by atoms with Crippen LogP contribution in [0, 0.1) is 0 Å². The Bertz CT molecular complexity index is 848. The molecule has 142 valence electrons. The molecule has 3 rings (SSSR count). The van der Waals surface area contributed by atoms with Gasteiger partial charge in [0.15, 0.2) is 11.5 Å². The number of rotatable bonds is 5. The van der Waals surface area contributed by atoms with E-state index in [9.17, 15) is 9.59 Å². The predicted octanol–water partition coefficient (Wildman–Crippen LogP) is 3.05. The molecular formula is C21H24N2O4. The monoisotopic (exact) mass is 368 g/mol. The van der Waals surface area contributed by atoms with E-state index >= 15 is 0 Å². The van der Waals surface area contributed by atoms with Gasteiger partial charge in [-0.15, -0.1) is 0 Å². The van der Waals surface area contributed by atoms with E-state index in [1.807, 2.05) is 19.1 Å². The molecule has 0 aromatic heterocycles. The number of nitrogens with one attached hydrogen (secondary N) is 2. The summed E-state index contributed by atoms with van der Waals surface area (Å²) in [4.78, 5) is 24.7. The first kappa shape index (κ1) is 18.8. The van der Waals surface area contributed by atoms with Crippen molar-refractivity contribution >= 4 is 11.8 Å². The molecule has 2 aromatic rings. The van der Waals surface area contributed by atoms with Crippen molar-refractivity contribution in [3.05, 3.63) is 58.7 Å². The summed E-state index contributed by atoms with van der Waals surface area (Å²) < 4.78 is 10.7. The molecule has 27 heavy (non-hydrogen) atoms. The first-order chi connectivity index (χ1) is 13.1. The van der Waals surface area contributed by atoms with Crippen LogP contribution in [0.4, 0.5) is 0 Å². The number of aryl methyl sites for hydroxylation is 2. The SMILES string of the molecule is CCOc1ccc(C(=O)NNC(=O)c2ccc3c(c2)CCCC3)cc1OC. The van der Waals surface area contributed by atoms with Gasteiger partial charge in [0.1, 0.15) is 0 Å². The molecule has 0 heterocycles. The van der Waals surface area contributed by atoms with Crippen molar-refractivity contribution in [2.75, 3.05) is 13.7 Å². The molecule has 0 spiro atoms. The smallest absolute Gasteiger partial charge is 0.269 e. The van der Waals surface area contributed by atoms with Gasteiger partial charge in [0, 0.05) is 11.1 Å². The maximum atomic E-state index is 12.4. The maximum absolute atomic E-state index is 12.4. The van der Waals surface area contributed by atoms with E-state index in [2.05, 4.69) is 10.9 Å². The average molecular weight is 368 g/mol. The Labute approximate surface area is 158 Å². The highest BCUT2D eigenvalue weighted by molar-refractivity contribution is 5.99. The number of fused-ring (bicyclic) bond motifs is 1. The summed E-state index contributed by atoms with van der Waals surface area (Å²) in [5.74, 6) is 0.262. The van der Waals surface area contributed by atoms with Gasteiger partial charge in [0.25, 0.3) is 11.8 Å². The molecule has 2 aromatic carbocycles. The van der Waals surface area contributed by atoms with Crippen LogP contribution in [0.15, 0.2) is 36.4 Å². The second-order valence-electron chi connectivity index (χ2n) is 6.40. The number of benzene rings is 2. The third-order valence-corrected chi connectivity index (χ3v) is 4.63. The molecule has 2 N–H and O–H groups in total. The van der Waals surface area contributed by atoms with E-state index in [1.165, 1.54) is 24.7 Å². The lowest BCUT2D eigenvalue weighted by atomic mass is 9.90. The number of ether oxygens (including phenoxy) is 2. The molecule has 0 saturated heterocycles. The summed E-state index contributed by atoms with van der Waals surface area (Å²) in [5, 5.41) is 0. The number of hydrazine groups is 1. The summed E-state index contributed by atoms with van der Waals surface area (Å²) in [5.41, 5.74) is 8.35. The van der Waals surface area contributed by atoms with Crippen LogP contribution in [0.5, 0.6) is 11.5 Å². The van der Waals surface area contributed by atoms with Gasteiger partial charge in [-0.2, -0.15) is 0 Å². The zero-order chi connectivity index (χ0) is 19.2. The molecule has 1 aliphatic carbocycles. The topological polar surface area (TPSA) is 76.7 Å². The van der Waals surface area contributed by atoms with Crippen molar-refractivity contribution in [3.63, 3.8) is 0 Å². The standard InChI is InChI=1S/C21H24N2O4/c1-3-27-18-11-10-17(13-19(18)26-2)21(25)23-22-20(24)16-9-8-14-6-4-5-7-15(14)12-16/h8-13H,3-7H2,1-2H3,(H,22,24)(H,23,25). The molecule has 0 saturated carbocycles. The second-order valence-corrected chi connectivity index (χ2v) is 6.40. The van der Waals surface area contributed by atoms with Crippen molar-refractivity contribution in [1.82, 2.24) is 10.9 Å². The number of hydrogen-bond donors (Lipinski definition) is 2. The van der Waals surface area contributed by atoms with E-state index in [1.54, 1.807) is 24.3 Å². The van der Waals surface area contributed by atoms with Crippen LogP contribution in [-0.4, -0.2) is 25.5 Å². The van der Waals surface area contributed by atoms with Gasteiger partial charge in [-0.25, -0.2) is 0 Å². The van der Waals surface area contributed by atoms with E-state index in [0.29, 0.717) is 29.2 Å². The van der Waals surface area contributed by atoms with Gasteiger partial charge < -0.3 is 9.47 Å². The lowest BCUT2D eigenvalue weighted by molar-refractivity contribution is 0.0846. The minimum Gasteiger partial charge on any atom is -0.493 e. The molecule has 2 amide bonds. The highest BCUT2D eigenvalue weighted by atomic mass is 16.5. The van der Waals surface area contributed by atoms with Crippen molar-refractivity contribution < 1.29 is 19.1 Å². The zero-order valence-electron chi connectivity index (χ0n) is 15.6. The number of carbonyl (C=O) groups is 2. The number of carbonyl (C=O) groups excluding carboxylic acids is 2. The Balaban J connectivity index is 1.64. The fraction of sp³-hybridized carbons (Fsp3) is 0.333. The van der Waals surface area contributed by atoms with Gasteiger partial charge in [0.2, 0.25) is 0 Å². The van der Waals surface area contributed by atoms with Crippen LogP contribution in [0.3, 0.4) is 0 Å². The number of methoxy groups -OCH3 is 1. The Morgan fingerprint density at radius 3 is 2.19 bits per heavy atom. The summed E-state index contributed by atoms with van der Waals surface area (Å²) in [6.07, 6.45) is 4.40. The Morgan fingerprint density at radius 2 is 1.52 bits per heavy atom. The summed E-state index contributed by atoms with van der Waals surface area (Å²) in [7, 11) is 1.51. The van der Waals surface area contributed by atoms with Crippen LogP contribution in [0.1, 0.15) is 51.6 Å². The lowest BCUT2D eigenvalue weighted by Crippen LogP contribution is -2.41. The van der Waals surface area contributed by atoms with Crippen LogP contribution < -0.4 is 20.3 Å². The maximum Gasteiger partial charge on any atom is 0.269 e. The van der Waals surface area contributed by atoms with Crippen LogP contribution >= 0.6 is 0 Å². The third-order valence-electron chi connectivity index (χ3n) is 4.63. The van der Waals surface area contributed by atoms with E-state index < -0.39 is 5.91 Å². The van der Waals surface area contributed by atoms with Crippen LogP contribution in [0.25, 0.3) is 0 Å². The highest BCUT2D eigenvalue weighted by Crippen LogP contribution is 2.28. The largest absolute Gasteiger partial charge is 0.493 e. The van der Waals surface area contributed by atoms with Crippen molar-refractivity contribution in [2.24, 2.45) is 0 Å². The van der Waals surface area contributed by atoms with Crippen molar-refractivity contribution in [3.8, 4) is 11.5 Å². The van der Waals surface area contributed by atoms with E-state index in [-0.39, 0.29) is 5.91 Å². The van der Waals surface area contributed by atoms with Gasteiger partial charge in [0.05, 0.1) is 13.7 Å².